The summed E-state index contributed by atoms with van der Waals surface area (Å²) in [5.74, 6) is 0.141. The van der Waals surface area contributed by atoms with E-state index < -0.39 is 0 Å². The molecular formula is C20H33ClN2O2. The summed E-state index contributed by atoms with van der Waals surface area (Å²) in [5, 5.41) is 6.58. The van der Waals surface area contributed by atoms with Gasteiger partial charge in [0.2, 0.25) is 5.91 Å². The van der Waals surface area contributed by atoms with Crippen molar-refractivity contribution >= 4 is 18.3 Å². The number of benzene rings is 1. The van der Waals surface area contributed by atoms with Crippen LogP contribution in [-0.2, 0) is 14.9 Å². The second-order valence-electron chi connectivity index (χ2n) is 7.79. The first kappa shape index (κ1) is 21.9. The molecule has 1 aliphatic heterocycles. The largest absolute Gasteiger partial charge is 0.384 e. The number of carbonyl (C=O) groups excluding carboxylic acids is 1. The van der Waals surface area contributed by atoms with E-state index in [0.717, 1.165) is 32.4 Å². The monoisotopic (exact) mass is 368 g/mol. The van der Waals surface area contributed by atoms with E-state index in [9.17, 15) is 4.79 Å². The van der Waals surface area contributed by atoms with Gasteiger partial charge in [-0.15, -0.1) is 12.4 Å². The molecule has 1 aliphatic rings. The highest BCUT2D eigenvalue weighted by atomic mass is 35.5. The number of halogens is 1. The van der Waals surface area contributed by atoms with E-state index in [1.165, 1.54) is 5.56 Å². The molecule has 1 aromatic rings. The van der Waals surface area contributed by atoms with Crippen molar-refractivity contribution in [1.29, 1.82) is 0 Å². The fraction of sp³-hybridized carbons (Fsp3) is 0.650. The molecule has 0 radical (unpaired) electrons. The summed E-state index contributed by atoms with van der Waals surface area (Å²) in [4.78, 5) is 12.9. The Morgan fingerprint density at radius 3 is 2.44 bits per heavy atom. The van der Waals surface area contributed by atoms with Crippen molar-refractivity contribution in [3.05, 3.63) is 35.9 Å². The Kier molecular flexibility index (Phi) is 8.39. The minimum atomic E-state index is -0.384. The van der Waals surface area contributed by atoms with Gasteiger partial charge in [0.1, 0.15) is 0 Å². The van der Waals surface area contributed by atoms with Crippen LogP contribution in [0.3, 0.4) is 0 Å². The predicted molar refractivity (Wildman–Crippen MR) is 105 cm³/mol. The van der Waals surface area contributed by atoms with Gasteiger partial charge in [-0.05, 0) is 50.3 Å². The van der Waals surface area contributed by atoms with E-state index in [4.69, 9.17) is 4.74 Å². The Labute approximate surface area is 158 Å². The molecule has 0 aromatic heterocycles. The Balaban J connectivity index is 0.00000312. The first-order chi connectivity index (χ1) is 11.4. The third-order valence-corrected chi connectivity index (χ3v) is 5.21. The molecule has 1 fully saturated rings. The molecule has 1 atom stereocenters. The van der Waals surface area contributed by atoms with E-state index >= 15 is 0 Å². The van der Waals surface area contributed by atoms with Crippen molar-refractivity contribution < 1.29 is 9.53 Å². The van der Waals surface area contributed by atoms with Crippen molar-refractivity contribution in [3.8, 4) is 0 Å². The van der Waals surface area contributed by atoms with Gasteiger partial charge in [0.05, 0.1) is 12.0 Å². The van der Waals surface area contributed by atoms with Crippen molar-refractivity contribution in [3.63, 3.8) is 0 Å². The number of ether oxygens (including phenoxy) is 1. The highest BCUT2D eigenvalue weighted by molar-refractivity contribution is 5.85. The summed E-state index contributed by atoms with van der Waals surface area (Å²) < 4.78 is 5.37. The van der Waals surface area contributed by atoms with Gasteiger partial charge in [0.25, 0.3) is 0 Å². The van der Waals surface area contributed by atoms with Crippen LogP contribution in [0.4, 0.5) is 0 Å². The average Bonchev–Trinajstić information content (AvgIpc) is 2.56. The van der Waals surface area contributed by atoms with Crippen LogP contribution in [0, 0.1) is 5.41 Å². The Bertz CT molecular complexity index is 522. The maximum atomic E-state index is 12.9. The molecule has 142 valence electrons. The first-order valence-corrected chi connectivity index (χ1v) is 8.96. The lowest BCUT2D eigenvalue weighted by molar-refractivity contribution is -0.137. The molecular weight excluding hydrogens is 336 g/mol. The summed E-state index contributed by atoms with van der Waals surface area (Å²) in [7, 11) is 1.68. The SMILES string of the molecule is COCC1(C(=O)NC(C)CC(C)(C)c2ccccc2)CCNCC1.Cl. The zero-order valence-corrected chi connectivity index (χ0v) is 16.7. The van der Waals surface area contributed by atoms with Gasteiger partial charge in [0, 0.05) is 13.2 Å². The lowest BCUT2D eigenvalue weighted by atomic mass is 9.77. The summed E-state index contributed by atoms with van der Waals surface area (Å²) in [6.07, 6.45) is 2.58. The molecule has 1 saturated heterocycles. The van der Waals surface area contributed by atoms with Crippen molar-refractivity contribution in [2.24, 2.45) is 5.41 Å². The number of methoxy groups -OCH3 is 1. The maximum Gasteiger partial charge on any atom is 0.228 e. The van der Waals surface area contributed by atoms with Crippen LogP contribution in [-0.4, -0.2) is 38.8 Å². The fourth-order valence-electron chi connectivity index (χ4n) is 3.82. The fourth-order valence-corrected chi connectivity index (χ4v) is 3.82. The standard InChI is InChI=1S/C20H32N2O2.ClH/c1-16(14-19(2,3)17-8-6-5-7-9-17)22-18(23)20(15-24-4)10-12-21-13-11-20;/h5-9,16,21H,10-15H2,1-4H3,(H,22,23);1H. The molecule has 5 heteroatoms. The second-order valence-corrected chi connectivity index (χ2v) is 7.79. The average molecular weight is 369 g/mol. The Hall–Kier alpha value is -1.10. The van der Waals surface area contributed by atoms with Crippen molar-refractivity contribution in [1.82, 2.24) is 10.6 Å². The third kappa shape index (κ3) is 5.70. The van der Waals surface area contributed by atoms with Crippen LogP contribution in [0.25, 0.3) is 0 Å². The summed E-state index contributed by atoms with van der Waals surface area (Å²) >= 11 is 0. The first-order valence-electron chi connectivity index (χ1n) is 8.96. The summed E-state index contributed by atoms with van der Waals surface area (Å²) in [6, 6.07) is 10.6. The number of nitrogens with one attached hydrogen (secondary N) is 2. The lowest BCUT2D eigenvalue weighted by Crippen LogP contribution is -2.52. The Morgan fingerprint density at radius 2 is 1.88 bits per heavy atom. The molecule has 2 rings (SSSR count). The quantitative estimate of drug-likeness (QED) is 0.776. The van der Waals surface area contributed by atoms with Gasteiger partial charge in [-0.2, -0.15) is 0 Å². The number of rotatable bonds is 7. The molecule has 1 amide bonds. The molecule has 1 unspecified atom stereocenters. The molecule has 2 N–H and O–H groups in total. The van der Waals surface area contributed by atoms with Gasteiger partial charge in [-0.1, -0.05) is 44.2 Å². The predicted octanol–water partition coefficient (Wildman–Crippen LogP) is 3.30. The molecule has 0 spiro atoms. The molecule has 1 heterocycles. The molecule has 0 bridgehead atoms. The van der Waals surface area contributed by atoms with E-state index in [1.54, 1.807) is 7.11 Å². The summed E-state index contributed by atoms with van der Waals surface area (Å²) in [6.45, 7) is 8.82. The van der Waals surface area contributed by atoms with Gasteiger partial charge in [-0.25, -0.2) is 0 Å². The second kappa shape index (κ2) is 9.56. The molecule has 0 aliphatic carbocycles. The van der Waals surface area contributed by atoms with E-state index in [1.807, 2.05) is 6.07 Å². The Morgan fingerprint density at radius 1 is 1.28 bits per heavy atom. The molecule has 25 heavy (non-hydrogen) atoms. The normalized spacial score (nSPS) is 18.1. The summed E-state index contributed by atoms with van der Waals surface area (Å²) in [5.41, 5.74) is 0.946. The maximum absolute atomic E-state index is 12.9. The van der Waals surface area contributed by atoms with Gasteiger partial charge < -0.3 is 15.4 Å². The number of hydrogen-bond acceptors (Lipinski definition) is 3. The number of hydrogen-bond donors (Lipinski definition) is 2. The van der Waals surface area contributed by atoms with Crippen LogP contribution < -0.4 is 10.6 Å². The van der Waals surface area contributed by atoms with Crippen LogP contribution in [0.5, 0.6) is 0 Å². The minimum absolute atomic E-state index is 0. The van der Waals surface area contributed by atoms with Crippen LogP contribution in [0.2, 0.25) is 0 Å². The highest BCUT2D eigenvalue weighted by Crippen LogP contribution is 2.31. The van der Waals surface area contributed by atoms with Crippen molar-refractivity contribution in [2.45, 2.75) is 51.5 Å². The molecule has 1 aromatic carbocycles. The van der Waals surface area contributed by atoms with Crippen LogP contribution in [0.1, 0.15) is 45.6 Å². The van der Waals surface area contributed by atoms with Gasteiger partial charge in [0.15, 0.2) is 0 Å². The van der Waals surface area contributed by atoms with Crippen molar-refractivity contribution in [2.75, 3.05) is 26.8 Å². The van der Waals surface area contributed by atoms with Gasteiger partial charge >= 0.3 is 0 Å². The van der Waals surface area contributed by atoms with E-state index in [-0.39, 0.29) is 35.2 Å². The number of piperidine rings is 1. The molecule has 0 saturated carbocycles. The topological polar surface area (TPSA) is 50.4 Å². The number of amides is 1. The zero-order chi connectivity index (χ0) is 17.6. The zero-order valence-electron chi connectivity index (χ0n) is 15.9. The third-order valence-electron chi connectivity index (χ3n) is 5.21. The lowest BCUT2D eigenvalue weighted by Gasteiger charge is -2.37. The van der Waals surface area contributed by atoms with E-state index in [2.05, 4.69) is 55.7 Å². The van der Waals surface area contributed by atoms with E-state index in [0.29, 0.717) is 6.61 Å². The van der Waals surface area contributed by atoms with Crippen LogP contribution >= 0.6 is 12.4 Å². The molecule has 4 nitrogen and oxygen atoms in total. The number of carbonyl (C=O) groups is 1. The smallest absolute Gasteiger partial charge is 0.228 e. The van der Waals surface area contributed by atoms with Crippen LogP contribution in [0.15, 0.2) is 30.3 Å². The van der Waals surface area contributed by atoms with Gasteiger partial charge in [-0.3, -0.25) is 4.79 Å². The minimum Gasteiger partial charge on any atom is -0.384 e. The highest BCUT2D eigenvalue weighted by Gasteiger charge is 2.40.